The van der Waals surface area contributed by atoms with Gasteiger partial charge in [-0.3, -0.25) is 4.79 Å². The molecule has 5 aromatic rings. The van der Waals surface area contributed by atoms with Crippen LogP contribution in [0.4, 0.5) is 0 Å². The van der Waals surface area contributed by atoms with Crippen molar-refractivity contribution in [3.05, 3.63) is 82.7 Å². The molecule has 0 radical (unpaired) electrons. The Morgan fingerprint density at radius 1 is 1.06 bits per heavy atom. The second-order valence-electron chi connectivity index (χ2n) is 7.26. The van der Waals surface area contributed by atoms with E-state index in [1.165, 1.54) is 13.2 Å². The van der Waals surface area contributed by atoms with Crippen LogP contribution in [0.2, 0.25) is 0 Å². The highest BCUT2D eigenvalue weighted by atomic mass is 16.5. The molecule has 0 saturated carbocycles. The molecule has 10 heteroatoms. The Bertz CT molecular complexity index is 1540. The smallest absolute Gasteiger partial charge is 0.349 e. The minimum Gasteiger partial charge on any atom is -0.493 e. The van der Waals surface area contributed by atoms with Gasteiger partial charge < -0.3 is 19.2 Å². The quantitative estimate of drug-likeness (QED) is 0.293. The van der Waals surface area contributed by atoms with Gasteiger partial charge in [-0.25, -0.2) is 4.79 Å². The molecule has 2 aromatic carbocycles. The van der Waals surface area contributed by atoms with Crippen molar-refractivity contribution in [2.75, 3.05) is 20.3 Å². The largest absolute Gasteiger partial charge is 0.493 e. The summed E-state index contributed by atoms with van der Waals surface area (Å²) in [5, 5.41) is 16.0. The first-order valence-corrected chi connectivity index (χ1v) is 10.4. The second-order valence-corrected chi connectivity index (χ2v) is 7.26. The zero-order valence-electron chi connectivity index (χ0n) is 18.1. The Kier molecular flexibility index (Phi) is 5.61. The molecular weight excluding hydrogens is 438 g/mol. The Hall–Kier alpha value is -4.73. The van der Waals surface area contributed by atoms with E-state index in [0.29, 0.717) is 34.1 Å². The highest BCUT2D eigenvalue weighted by molar-refractivity contribution is 5.97. The summed E-state index contributed by atoms with van der Waals surface area (Å²) in [5.41, 5.74) is 0.902. The van der Waals surface area contributed by atoms with Crippen molar-refractivity contribution in [1.29, 1.82) is 0 Å². The van der Waals surface area contributed by atoms with Crippen LogP contribution in [0.5, 0.6) is 11.6 Å². The van der Waals surface area contributed by atoms with Crippen LogP contribution in [-0.4, -0.2) is 46.0 Å². The van der Waals surface area contributed by atoms with Crippen LogP contribution in [0, 0.1) is 0 Å². The van der Waals surface area contributed by atoms with Crippen LogP contribution in [0.25, 0.3) is 28.0 Å². The number of nitrogens with one attached hydrogen (secondary N) is 1. The normalized spacial score (nSPS) is 11.0. The van der Waals surface area contributed by atoms with E-state index < -0.39 is 11.5 Å². The Morgan fingerprint density at radius 3 is 2.74 bits per heavy atom. The zero-order chi connectivity index (χ0) is 23.5. The molecular formula is C24H19N5O5. The van der Waals surface area contributed by atoms with Gasteiger partial charge in [0.1, 0.15) is 12.2 Å². The molecule has 0 spiro atoms. The van der Waals surface area contributed by atoms with E-state index in [4.69, 9.17) is 13.9 Å². The molecule has 10 nitrogen and oxygen atoms in total. The van der Waals surface area contributed by atoms with Gasteiger partial charge in [-0.15, -0.1) is 15.3 Å². The molecule has 1 amide bonds. The summed E-state index contributed by atoms with van der Waals surface area (Å²) >= 11 is 0. The van der Waals surface area contributed by atoms with E-state index in [9.17, 15) is 9.59 Å². The monoisotopic (exact) mass is 457 g/mol. The second kappa shape index (κ2) is 9.02. The van der Waals surface area contributed by atoms with Gasteiger partial charge in [0.25, 0.3) is 5.91 Å². The van der Waals surface area contributed by atoms with Crippen LogP contribution in [0.3, 0.4) is 0 Å². The van der Waals surface area contributed by atoms with Crippen molar-refractivity contribution in [3.8, 4) is 23.0 Å². The Morgan fingerprint density at radius 2 is 1.91 bits per heavy atom. The minimum atomic E-state index is -0.747. The zero-order valence-corrected chi connectivity index (χ0v) is 18.1. The lowest BCUT2D eigenvalue weighted by Crippen LogP contribution is -2.31. The van der Waals surface area contributed by atoms with Gasteiger partial charge in [-0.2, -0.15) is 4.52 Å². The number of para-hydroxylation sites is 1. The minimum absolute atomic E-state index is 0.0997. The molecule has 3 aromatic heterocycles. The van der Waals surface area contributed by atoms with E-state index in [2.05, 4.69) is 20.6 Å². The summed E-state index contributed by atoms with van der Waals surface area (Å²) in [7, 11) is 1.48. The summed E-state index contributed by atoms with van der Waals surface area (Å²) in [6.07, 6.45) is 0. The van der Waals surface area contributed by atoms with Gasteiger partial charge in [0.15, 0.2) is 22.8 Å². The first-order valence-electron chi connectivity index (χ1n) is 10.4. The molecule has 5 rings (SSSR count). The lowest BCUT2D eigenvalue weighted by Gasteiger charge is -2.08. The van der Waals surface area contributed by atoms with Crippen molar-refractivity contribution in [2.24, 2.45) is 0 Å². The van der Waals surface area contributed by atoms with Crippen LogP contribution in [0.15, 0.2) is 75.9 Å². The third-order valence-electron chi connectivity index (χ3n) is 5.10. The summed E-state index contributed by atoms with van der Waals surface area (Å²) in [6.45, 7) is 0.293. The fourth-order valence-corrected chi connectivity index (χ4v) is 3.47. The van der Waals surface area contributed by atoms with Crippen molar-refractivity contribution >= 4 is 22.5 Å². The summed E-state index contributed by atoms with van der Waals surface area (Å²) in [6, 6.07) is 19.6. The first-order chi connectivity index (χ1) is 16.6. The number of amides is 1. The fraction of sp³-hybridized carbons (Fsp3) is 0.125. The number of nitrogens with zero attached hydrogens (tertiary/aromatic N) is 4. The SMILES string of the molecule is COc1cccc2cc(C(=O)NCCOc3ccc4nnc(-c5ccccc5)n4n3)c(=O)oc12. The molecule has 170 valence electrons. The summed E-state index contributed by atoms with van der Waals surface area (Å²) in [5.74, 6) is 0.795. The molecule has 1 N–H and O–H groups in total. The van der Waals surface area contributed by atoms with Gasteiger partial charge in [0.05, 0.1) is 13.7 Å². The van der Waals surface area contributed by atoms with Crippen molar-refractivity contribution < 1.29 is 18.7 Å². The molecule has 0 unspecified atom stereocenters. The Balaban J connectivity index is 1.25. The molecule has 0 atom stereocenters. The predicted octanol–water partition coefficient (Wildman–Crippen LogP) is 2.72. The van der Waals surface area contributed by atoms with Gasteiger partial charge in [-0.05, 0) is 18.2 Å². The van der Waals surface area contributed by atoms with Crippen LogP contribution >= 0.6 is 0 Å². The van der Waals surface area contributed by atoms with Crippen molar-refractivity contribution in [3.63, 3.8) is 0 Å². The number of hydrogen-bond acceptors (Lipinski definition) is 8. The number of aromatic nitrogens is 4. The van der Waals surface area contributed by atoms with E-state index in [1.807, 2.05) is 30.3 Å². The number of rotatable bonds is 7. The topological polar surface area (TPSA) is 121 Å². The van der Waals surface area contributed by atoms with E-state index in [-0.39, 0.29) is 18.7 Å². The third-order valence-corrected chi connectivity index (χ3v) is 5.10. The van der Waals surface area contributed by atoms with Gasteiger partial charge >= 0.3 is 5.63 Å². The molecule has 0 aliphatic rings. The van der Waals surface area contributed by atoms with Gasteiger partial charge in [-0.1, -0.05) is 42.5 Å². The number of carbonyl (C=O) groups excluding carboxylic acids is 1. The third kappa shape index (κ3) is 4.04. The molecule has 0 bridgehead atoms. The molecule has 0 fully saturated rings. The average Bonchev–Trinajstić information content (AvgIpc) is 3.29. The lowest BCUT2D eigenvalue weighted by molar-refractivity contribution is 0.0943. The van der Waals surface area contributed by atoms with Crippen LogP contribution < -0.4 is 20.4 Å². The van der Waals surface area contributed by atoms with E-state index in [0.717, 1.165) is 5.56 Å². The van der Waals surface area contributed by atoms with E-state index in [1.54, 1.807) is 34.8 Å². The maximum atomic E-state index is 12.5. The number of methoxy groups -OCH3 is 1. The highest BCUT2D eigenvalue weighted by Crippen LogP contribution is 2.24. The summed E-state index contributed by atoms with van der Waals surface area (Å²) in [4.78, 5) is 24.8. The predicted molar refractivity (Wildman–Crippen MR) is 123 cm³/mol. The number of carbonyl (C=O) groups is 1. The van der Waals surface area contributed by atoms with Crippen molar-refractivity contribution in [2.45, 2.75) is 0 Å². The molecule has 0 aliphatic heterocycles. The Labute approximate surface area is 192 Å². The fourth-order valence-electron chi connectivity index (χ4n) is 3.47. The summed E-state index contributed by atoms with van der Waals surface area (Å²) < 4.78 is 17.8. The van der Waals surface area contributed by atoms with E-state index >= 15 is 0 Å². The maximum absolute atomic E-state index is 12.5. The number of benzene rings is 2. The molecule has 34 heavy (non-hydrogen) atoms. The maximum Gasteiger partial charge on any atom is 0.349 e. The molecule has 3 heterocycles. The van der Waals surface area contributed by atoms with Gasteiger partial charge in [0, 0.05) is 17.0 Å². The lowest BCUT2D eigenvalue weighted by atomic mass is 10.1. The number of ether oxygens (including phenoxy) is 2. The van der Waals surface area contributed by atoms with Crippen LogP contribution in [-0.2, 0) is 0 Å². The standard InChI is InChI=1S/C24H19N5O5/c1-32-18-9-5-8-16-14-17(24(31)34-21(16)18)23(30)25-12-13-33-20-11-10-19-26-27-22(29(19)28-20)15-6-3-2-4-7-15/h2-11,14H,12-13H2,1H3,(H,25,30). The number of hydrogen-bond donors (Lipinski definition) is 1. The molecule has 0 saturated heterocycles. The highest BCUT2D eigenvalue weighted by Gasteiger charge is 2.15. The average molecular weight is 457 g/mol. The van der Waals surface area contributed by atoms with Crippen LogP contribution in [0.1, 0.15) is 10.4 Å². The van der Waals surface area contributed by atoms with Crippen molar-refractivity contribution in [1.82, 2.24) is 25.1 Å². The molecule has 0 aliphatic carbocycles. The van der Waals surface area contributed by atoms with Gasteiger partial charge in [0.2, 0.25) is 5.88 Å². The first kappa shape index (κ1) is 21.1. The number of fused-ring (bicyclic) bond motifs is 2.